The molecule has 3 nitrogen and oxygen atoms in total. The van der Waals surface area contributed by atoms with Crippen molar-refractivity contribution in [1.82, 2.24) is 5.32 Å². The van der Waals surface area contributed by atoms with E-state index in [4.69, 9.17) is 4.42 Å². The van der Waals surface area contributed by atoms with Gasteiger partial charge in [-0.1, -0.05) is 13.0 Å². The maximum Gasteiger partial charge on any atom is 0.146 e. The van der Waals surface area contributed by atoms with Crippen LogP contribution in [0.2, 0.25) is 0 Å². The quantitative estimate of drug-likeness (QED) is 0.785. The molecule has 0 saturated carbocycles. The standard InChI is InChI=1S/C17H23FN2O/c1-4-8-19-11-14-5-6-17(16(18)10-14)20(3)12-15-7-9-21-13(15)2/h5-7,9-10,19H,4,8,11-12H2,1-3H3. The maximum absolute atomic E-state index is 14.2. The Labute approximate surface area is 125 Å². The minimum atomic E-state index is -0.186. The predicted octanol–water partition coefficient (Wildman–Crippen LogP) is 3.86. The first-order valence-electron chi connectivity index (χ1n) is 7.35. The van der Waals surface area contributed by atoms with Crippen LogP contribution in [0.5, 0.6) is 0 Å². The van der Waals surface area contributed by atoms with Gasteiger partial charge in [0, 0.05) is 25.7 Å². The number of halogens is 1. The number of benzene rings is 1. The Hall–Kier alpha value is -1.81. The molecule has 0 aliphatic heterocycles. The van der Waals surface area contributed by atoms with E-state index in [2.05, 4.69) is 12.2 Å². The Morgan fingerprint density at radius 3 is 2.71 bits per heavy atom. The highest BCUT2D eigenvalue weighted by Gasteiger charge is 2.11. The second-order valence-electron chi connectivity index (χ2n) is 5.32. The number of rotatable bonds is 7. The Kier molecular flexibility index (Phi) is 5.39. The molecule has 2 aromatic rings. The van der Waals surface area contributed by atoms with Crippen molar-refractivity contribution in [1.29, 1.82) is 0 Å². The van der Waals surface area contributed by atoms with Crippen LogP contribution in [0.25, 0.3) is 0 Å². The molecule has 21 heavy (non-hydrogen) atoms. The summed E-state index contributed by atoms with van der Waals surface area (Å²) in [5, 5.41) is 3.28. The third kappa shape index (κ3) is 4.08. The predicted molar refractivity (Wildman–Crippen MR) is 83.9 cm³/mol. The number of nitrogens with one attached hydrogen (secondary N) is 1. The summed E-state index contributed by atoms with van der Waals surface area (Å²) in [6.07, 6.45) is 2.74. The van der Waals surface area contributed by atoms with Crippen LogP contribution in [-0.2, 0) is 13.1 Å². The molecule has 0 bridgehead atoms. The first kappa shape index (κ1) is 15.6. The van der Waals surface area contributed by atoms with Crippen molar-refractivity contribution in [3.05, 3.63) is 53.2 Å². The first-order valence-corrected chi connectivity index (χ1v) is 7.35. The van der Waals surface area contributed by atoms with Crippen molar-refractivity contribution in [2.45, 2.75) is 33.4 Å². The van der Waals surface area contributed by atoms with E-state index in [9.17, 15) is 4.39 Å². The zero-order chi connectivity index (χ0) is 15.2. The van der Waals surface area contributed by atoms with Gasteiger partial charge >= 0.3 is 0 Å². The summed E-state index contributed by atoms with van der Waals surface area (Å²) in [5.74, 6) is 0.692. The highest BCUT2D eigenvalue weighted by molar-refractivity contribution is 5.49. The number of hydrogen-bond donors (Lipinski definition) is 1. The van der Waals surface area contributed by atoms with E-state index in [1.165, 1.54) is 0 Å². The summed E-state index contributed by atoms with van der Waals surface area (Å²) in [6.45, 7) is 6.32. The van der Waals surface area contributed by atoms with Crippen molar-refractivity contribution in [2.24, 2.45) is 0 Å². The minimum absolute atomic E-state index is 0.186. The van der Waals surface area contributed by atoms with Gasteiger partial charge < -0.3 is 14.6 Å². The van der Waals surface area contributed by atoms with Crippen LogP contribution in [-0.4, -0.2) is 13.6 Å². The van der Waals surface area contributed by atoms with Crippen molar-refractivity contribution in [2.75, 3.05) is 18.5 Å². The number of hydrogen-bond acceptors (Lipinski definition) is 3. The highest BCUT2D eigenvalue weighted by atomic mass is 19.1. The zero-order valence-corrected chi connectivity index (χ0v) is 12.9. The van der Waals surface area contributed by atoms with Gasteiger partial charge in [0.15, 0.2) is 0 Å². The van der Waals surface area contributed by atoms with E-state index >= 15 is 0 Å². The molecule has 1 heterocycles. The van der Waals surface area contributed by atoms with Gasteiger partial charge in [-0.05, 0) is 43.7 Å². The second kappa shape index (κ2) is 7.27. The minimum Gasteiger partial charge on any atom is -0.469 e. The van der Waals surface area contributed by atoms with Crippen LogP contribution in [0.4, 0.5) is 10.1 Å². The third-order valence-electron chi connectivity index (χ3n) is 3.55. The molecular weight excluding hydrogens is 267 g/mol. The summed E-state index contributed by atoms with van der Waals surface area (Å²) in [5.41, 5.74) is 2.65. The average Bonchev–Trinajstić information content (AvgIpc) is 2.84. The molecule has 0 spiro atoms. The molecular formula is C17H23FN2O. The summed E-state index contributed by atoms with van der Waals surface area (Å²) in [6, 6.07) is 7.34. The van der Waals surface area contributed by atoms with E-state index in [0.29, 0.717) is 18.8 Å². The summed E-state index contributed by atoms with van der Waals surface area (Å²) in [4.78, 5) is 1.90. The van der Waals surface area contributed by atoms with E-state index < -0.39 is 0 Å². The lowest BCUT2D eigenvalue weighted by Gasteiger charge is -2.20. The molecule has 2 rings (SSSR count). The molecule has 0 amide bonds. The van der Waals surface area contributed by atoms with Crippen LogP contribution >= 0.6 is 0 Å². The van der Waals surface area contributed by atoms with Gasteiger partial charge in [0.05, 0.1) is 12.0 Å². The number of furan rings is 1. The highest BCUT2D eigenvalue weighted by Crippen LogP contribution is 2.22. The molecule has 1 N–H and O–H groups in total. The zero-order valence-electron chi connectivity index (χ0n) is 12.9. The van der Waals surface area contributed by atoms with Gasteiger partial charge in [0.25, 0.3) is 0 Å². The third-order valence-corrected chi connectivity index (χ3v) is 3.55. The van der Waals surface area contributed by atoms with Gasteiger partial charge in [-0.3, -0.25) is 0 Å². The van der Waals surface area contributed by atoms with Gasteiger partial charge in [0.2, 0.25) is 0 Å². The van der Waals surface area contributed by atoms with Crippen LogP contribution in [0.15, 0.2) is 34.9 Å². The van der Waals surface area contributed by atoms with Crippen LogP contribution in [0.3, 0.4) is 0 Å². The van der Waals surface area contributed by atoms with Gasteiger partial charge in [-0.25, -0.2) is 4.39 Å². The van der Waals surface area contributed by atoms with Gasteiger partial charge in [-0.15, -0.1) is 0 Å². The van der Waals surface area contributed by atoms with Crippen molar-refractivity contribution in [3.63, 3.8) is 0 Å². The molecule has 0 fully saturated rings. The van der Waals surface area contributed by atoms with E-state index in [1.807, 2.05) is 37.1 Å². The number of aryl methyl sites for hydroxylation is 1. The van der Waals surface area contributed by atoms with Crippen LogP contribution in [0, 0.1) is 12.7 Å². The number of nitrogens with zero attached hydrogens (tertiary/aromatic N) is 1. The SMILES string of the molecule is CCCNCc1ccc(N(C)Cc2ccoc2C)c(F)c1. The molecule has 0 unspecified atom stereocenters. The lowest BCUT2D eigenvalue weighted by Crippen LogP contribution is -2.18. The fraction of sp³-hybridized carbons (Fsp3) is 0.412. The summed E-state index contributed by atoms with van der Waals surface area (Å²) in [7, 11) is 1.89. The Balaban J connectivity index is 2.04. The van der Waals surface area contributed by atoms with Crippen molar-refractivity contribution >= 4 is 5.69 Å². The van der Waals surface area contributed by atoms with E-state index in [0.717, 1.165) is 29.9 Å². The molecule has 0 aliphatic carbocycles. The summed E-state index contributed by atoms with van der Waals surface area (Å²) < 4.78 is 19.5. The molecule has 0 atom stereocenters. The molecule has 4 heteroatoms. The van der Waals surface area contributed by atoms with Gasteiger partial charge in [0.1, 0.15) is 11.6 Å². The van der Waals surface area contributed by atoms with Crippen molar-refractivity contribution < 1.29 is 8.81 Å². The second-order valence-corrected chi connectivity index (χ2v) is 5.32. The van der Waals surface area contributed by atoms with E-state index in [1.54, 1.807) is 12.3 Å². The molecule has 0 saturated heterocycles. The smallest absolute Gasteiger partial charge is 0.146 e. The molecule has 0 radical (unpaired) electrons. The maximum atomic E-state index is 14.2. The van der Waals surface area contributed by atoms with Gasteiger partial charge in [-0.2, -0.15) is 0 Å². The topological polar surface area (TPSA) is 28.4 Å². The fourth-order valence-electron chi connectivity index (χ4n) is 2.30. The van der Waals surface area contributed by atoms with Crippen molar-refractivity contribution in [3.8, 4) is 0 Å². The Morgan fingerprint density at radius 2 is 2.10 bits per heavy atom. The lowest BCUT2D eigenvalue weighted by molar-refractivity contribution is 0.529. The normalized spacial score (nSPS) is 10.9. The average molecular weight is 290 g/mol. The largest absolute Gasteiger partial charge is 0.469 e. The van der Waals surface area contributed by atoms with E-state index in [-0.39, 0.29) is 5.82 Å². The lowest BCUT2D eigenvalue weighted by atomic mass is 10.1. The Bertz CT molecular complexity index is 580. The number of anilines is 1. The first-order chi connectivity index (χ1) is 10.1. The van der Waals surface area contributed by atoms with Crippen LogP contribution < -0.4 is 10.2 Å². The molecule has 1 aromatic heterocycles. The molecule has 114 valence electrons. The fourth-order valence-corrected chi connectivity index (χ4v) is 2.30. The Morgan fingerprint density at radius 1 is 1.29 bits per heavy atom. The monoisotopic (exact) mass is 290 g/mol. The van der Waals surface area contributed by atoms with Crippen LogP contribution in [0.1, 0.15) is 30.2 Å². The molecule has 1 aromatic carbocycles. The molecule has 0 aliphatic rings. The summed E-state index contributed by atoms with van der Waals surface area (Å²) >= 11 is 0.